The maximum absolute atomic E-state index is 9.60. The summed E-state index contributed by atoms with van der Waals surface area (Å²) in [5.41, 5.74) is 8.34. The van der Waals surface area contributed by atoms with Gasteiger partial charge in [-0.2, -0.15) is 5.26 Å². The summed E-state index contributed by atoms with van der Waals surface area (Å²) in [6.07, 6.45) is 1.93. The van der Waals surface area contributed by atoms with Crippen molar-refractivity contribution in [1.29, 1.82) is 5.26 Å². The van der Waals surface area contributed by atoms with E-state index in [0.717, 1.165) is 28.2 Å². The van der Waals surface area contributed by atoms with E-state index in [9.17, 15) is 5.26 Å². The smallest absolute Gasteiger partial charge is 0.0998 e. The first-order chi connectivity index (χ1) is 15.1. The molecule has 4 aromatic carbocycles. The van der Waals surface area contributed by atoms with Crippen molar-refractivity contribution in [1.82, 2.24) is 0 Å². The Morgan fingerprint density at radius 2 is 1.10 bits per heavy atom. The largest absolute Gasteiger partial charge is 0.311 e. The van der Waals surface area contributed by atoms with Gasteiger partial charge in [0, 0.05) is 17.1 Å². The van der Waals surface area contributed by atoms with E-state index in [1.54, 1.807) is 0 Å². The van der Waals surface area contributed by atoms with Crippen molar-refractivity contribution in [3.05, 3.63) is 125 Å². The van der Waals surface area contributed by atoms with Crippen molar-refractivity contribution in [2.45, 2.75) is 13.8 Å². The summed E-state index contributed by atoms with van der Waals surface area (Å²) in [6.45, 7) is 4.20. The Bertz CT molecular complexity index is 1170. The maximum Gasteiger partial charge on any atom is 0.0998 e. The molecule has 2 heteroatoms. The number of nitriles is 1. The zero-order valence-electron chi connectivity index (χ0n) is 17.8. The summed E-state index contributed by atoms with van der Waals surface area (Å²) in [5.74, 6) is 0. The maximum atomic E-state index is 9.60. The molecule has 0 aromatic heterocycles. The van der Waals surface area contributed by atoms with Crippen molar-refractivity contribution < 1.29 is 0 Å². The van der Waals surface area contributed by atoms with Crippen molar-refractivity contribution in [3.63, 3.8) is 0 Å². The number of hydrogen-bond acceptors (Lipinski definition) is 2. The molecule has 0 aliphatic heterocycles. The van der Waals surface area contributed by atoms with Crippen LogP contribution in [0, 0.1) is 25.2 Å². The summed E-state index contributed by atoms with van der Waals surface area (Å²) in [7, 11) is 0. The second kappa shape index (κ2) is 9.15. The van der Waals surface area contributed by atoms with Crippen molar-refractivity contribution in [2.24, 2.45) is 0 Å². The summed E-state index contributed by atoms with van der Waals surface area (Å²) in [6, 6.07) is 37.5. The van der Waals surface area contributed by atoms with Gasteiger partial charge in [0.1, 0.15) is 0 Å². The van der Waals surface area contributed by atoms with Gasteiger partial charge in [0.05, 0.1) is 11.6 Å². The first kappa shape index (κ1) is 20.2. The van der Waals surface area contributed by atoms with Crippen LogP contribution < -0.4 is 4.90 Å². The van der Waals surface area contributed by atoms with Crippen LogP contribution in [0.3, 0.4) is 0 Å². The van der Waals surface area contributed by atoms with Crippen molar-refractivity contribution in [3.8, 4) is 6.07 Å². The van der Waals surface area contributed by atoms with E-state index in [2.05, 4.69) is 97.6 Å². The van der Waals surface area contributed by atoms with E-state index in [1.807, 2.05) is 36.4 Å². The minimum atomic E-state index is 0.655. The minimum Gasteiger partial charge on any atom is -0.311 e. The van der Waals surface area contributed by atoms with Crippen LogP contribution in [0.4, 0.5) is 17.1 Å². The van der Waals surface area contributed by atoms with Gasteiger partial charge in [0.2, 0.25) is 0 Å². The predicted octanol–water partition coefficient (Wildman–Crippen LogP) is 7.84. The Balaban J connectivity index is 1.71. The average molecular weight is 401 g/mol. The average Bonchev–Trinajstić information content (AvgIpc) is 2.81. The molecule has 4 aromatic rings. The van der Waals surface area contributed by atoms with Gasteiger partial charge in [0.15, 0.2) is 0 Å². The molecule has 0 unspecified atom stereocenters. The Kier molecular flexibility index (Phi) is 5.96. The van der Waals surface area contributed by atoms with E-state index in [-0.39, 0.29) is 0 Å². The molecular formula is C29H24N2. The molecule has 0 saturated carbocycles. The number of rotatable bonds is 5. The van der Waals surface area contributed by atoms with Crippen LogP contribution in [0.5, 0.6) is 0 Å². The van der Waals surface area contributed by atoms with Crippen LogP contribution in [-0.4, -0.2) is 0 Å². The van der Waals surface area contributed by atoms with Gasteiger partial charge in [-0.3, -0.25) is 0 Å². The number of hydrogen-bond donors (Lipinski definition) is 0. The van der Waals surface area contributed by atoms with E-state index >= 15 is 0 Å². The van der Waals surface area contributed by atoms with E-state index in [0.29, 0.717) is 5.57 Å². The molecule has 0 atom stereocenters. The highest BCUT2D eigenvalue weighted by Gasteiger charge is 2.12. The van der Waals surface area contributed by atoms with Gasteiger partial charge in [0.25, 0.3) is 0 Å². The lowest BCUT2D eigenvalue weighted by Crippen LogP contribution is -2.09. The van der Waals surface area contributed by atoms with Crippen molar-refractivity contribution >= 4 is 28.7 Å². The molecule has 2 nitrogen and oxygen atoms in total. The van der Waals surface area contributed by atoms with E-state index in [4.69, 9.17) is 0 Å². The number of aryl methyl sites for hydroxylation is 2. The highest BCUT2D eigenvalue weighted by molar-refractivity contribution is 5.90. The monoisotopic (exact) mass is 400 g/mol. The molecule has 0 saturated heterocycles. The zero-order chi connectivity index (χ0) is 21.6. The highest BCUT2D eigenvalue weighted by atomic mass is 15.1. The van der Waals surface area contributed by atoms with Crippen LogP contribution in [0.2, 0.25) is 0 Å². The second-order valence-electron chi connectivity index (χ2n) is 7.63. The SMILES string of the molecule is Cc1ccc(N(c2ccc(C)cc2)c2ccc(/C=C(/C#N)c3ccccc3)cc2)cc1. The third kappa shape index (κ3) is 4.74. The number of anilines is 3. The molecule has 31 heavy (non-hydrogen) atoms. The van der Waals surface area contributed by atoms with Gasteiger partial charge < -0.3 is 4.90 Å². The Hall–Kier alpha value is -4.09. The van der Waals surface area contributed by atoms with E-state index < -0.39 is 0 Å². The molecule has 0 bridgehead atoms. The fourth-order valence-corrected chi connectivity index (χ4v) is 3.52. The van der Waals surface area contributed by atoms with Crippen LogP contribution in [0.25, 0.3) is 11.6 Å². The lowest BCUT2D eigenvalue weighted by atomic mass is 10.0. The highest BCUT2D eigenvalue weighted by Crippen LogP contribution is 2.35. The van der Waals surface area contributed by atoms with Crippen LogP contribution in [0.15, 0.2) is 103 Å². The molecule has 4 rings (SSSR count). The van der Waals surface area contributed by atoms with Crippen LogP contribution >= 0.6 is 0 Å². The second-order valence-corrected chi connectivity index (χ2v) is 7.63. The summed E-state index contributed by atoms with van der Waals surface area (Å²) in [4.78, 5) is 2.24. The molecule has 0 heterocycles. The van der Waals surface area contributed by atoms with Gasteiger partial charge in [-0.25, -0.2) is 0 Å². The fraction of sp³-hybridized carbons (Fsp3) is 0.0690. The zero-order valence-corrected chi connectivity index (χ0v) is 17.8. The molecule has 0 radical (unpaired) electrons. The van der Waals surface area contributed by atoms with Gasteiger partial charge in [-0.15, -0.1) is 0 Å². The third-order valence-electron chi connectivity index (χ3n) is 5.25. The minimum absolute atomic E-state index is 0.655. The summed E-state index contributed by atoms with van der Waals surface area (Å²) < 4.78 is 0. The van der Waals surface area contributed by atoms with Crippen molar-refractivity contribution in [2.75, 3.05) is 4.90 Å². The molecule has 0 amide bonds. The standard InChI is InChI=1S/C29H24N2/c1-22-8-14-27(15-9-22)31(28-16-10-23(2)11-17-28)29-18-12-24(13-19-29)20-26(21-30)25-6-4-3-5-7-25/h3-20H,1-2H3/b26-20-. The summed E-state index contributed by atoms with van der Waals surface area (Å²) >= 11 is 0. The van der Waals surface area contributed by atoms with Gasteiger partial charge in [-0.05, 0) is 67.4 Å². The molecule has 0 fully saturated rings. The normalized spacial score (nSPS) is 11.1. The van der Waals surface area contributed by atoms with E-state index in [1.165, 1.54) is 11.1 Å². The molecular weight excluding hydrogens is 376 g/mol. The molecule has 0 spiro atoms. The summed E-state index contributed by atoms with van der Waals surface area (Å²) in [5, 5.41) is 9.60. The first-order valence-corrected chi connectivity index (χ1v) is 10.3. The first-order valence-electron chi connectivity index (χ1n) is 10.3. The molecule has 150 valence electrons. The van der Waals surface area contributed by atoms with Gasteiger partial charge >= 0.3 is 0 Å². The Labute approximate surface area is 184 Å². The topological polar surface area (TPSA) is 27.0 Å². The Morgan fingerprint density at radius 1 is 0.645 bits per heavy atom. The lowest BCUT2D eigenvalue weighted by Gasteiger charge is -2.26. The Morgan fingerprint density at radius 3 is 1.55 bits per heavy atom. The van der Waals surface area contributed by atoms with Crippen LogP contribution in [-0.2, 0) is 0 Å². The number of nitrogens with zero attached hydrogens (tertiary/aromatic N) is 2. The lowest BCUT2D eigenvalue weighted by molar-refractivity contribution is 1.27. The molecule has 0 aliphatic carbocycles. The number of allylic oxidation sites excluding steroid dienone is 1. The third-order valence-corrected chi connectivity index (χ3v) is 5.25. The molecule has 0 N–H and O–H groups in total. The fourth-order valence-electron chi connectivity index (χ4n) is 3.52. The number of benzene rings is 4. The van der Waals surface area contributed by atoms with Crippen LogP contribution in [0.1, 0.15) is 22.3 Å². The van der Waals surface area contributed by atoms with Gasteiger partial charge in [-0.1, -0.05) is 77.9 Å². The predicted molar refractivity (Wildman–Crippen MR) is 131 cm³/mol. The molecule has 0 aliphatic rings. The quantitative estimate of drug-likeness (QED) is 0.252.